The molecule has 15 heavy (non-hydrogen) atoms. The van der Waals surface area contributed by atoms with Gasteiger partial charge in [0.15, 0.2) is 0 Å². The van der Waals surface area contributed by atoms with Crippen LogP contribution in [-0.4, -0.2) is 15.1 Å². The van der Waals surface area contributed by atoms with Gasteiger partial charge >= 0.3 is 0 Å². The summed E-state index contributed by atoms with van der Waals surface area (Å²) in [7, 11) is 0. The molecule has 0 bridgehead atoms. The number of hydrogen-bond donors (Lipinski definition) is 1. The molecule has 0 spiro atoms. The lowest BCUT2D eigenvalue weighted by molar-refractivity contribution is 0.182. The molecule has 2 aromatic rings. The standard InChI is InChI=1S/C10H9BrN2OS/c11-8-1-7(3-12-4-8)2-9(14)10-5-13-6-15-10/h1,3-6,9,14H,2H2. The molecule has 3 nitrogen and oxygen atoms in total. The molecule has 2 aromatic heterocycles. The van der Waals surface area contributed by atoms with Gasteiger partial charge in [-0.2, -0.15) is 0 Å². The van der Waals surface area contributed by atoms with Gasteiger partial charge in [-0.25, -0.2) is 0 Å². The lowest BCUT2D eigenvalue weighted by Gasteiger charge is -2.07. The summed E-state index contributed by atoms with van der Waals surface area (Å²) in [5.41, 5.74) is 2.72. The third kappa shape index (κ3) is 2.84. The first-order valence-electron chi connectivity index (χ1n) is 4.41. The molecule has 1 atom stereocenters. The Morgan fingerprint density at radius 3 is 2.87 bits per heavy atom. The highest BCUT2D eigenvalue weighted by molar-refractivity contribution is 9.10. The molecular formula is C10H9BrN2OS. The van der Waals surface area contributed by atoms with Crippen LogP contribution >= 0.6 is 27.3 Å². The second-order valence-electron chi connectivity index (χ2n) is 3.14. The van der Waals surface area contributed by atoms with Gasteiger partial charge in [-0.05, 0) is 27.6 Å². The summed E-state index contributed by atoms with van der Waals surface area (Å²) in [5.74, 6) is 0. The number of aliphatic hydroxyl groups excluding tert-OH is 1. The van der Waals surface area contributed by atoms with Gasteiger partial charge in [0.1, 0.15) is 0 Å². The summed E-state index contributed by atoms with van der Waals surface area (Å²) >= 11 is 4.81. The van der Waals surface area contributed by atoms with Crippen molar-refractivity contribution >= 4 is 27.3 Å². The van der Waals surface area contributed by atoms with Gasteiger partial charge in [-0.1, -0.05) is 0 Å². The molecule has 5 heteroatoms. The van der Waals surface area contributed by atoms with Crippen LogP contribution < -0.4 is 0 Å². The first-order chi connectivity index (χ1) is 7.25. The van der Waals surface area contributed by atoms with Crippen LogP contribution in [0.1, 0.15) is 16.5 Å². The van der Waals surface area contributed by atoms with E-state index in [-0.39, 0.29) is 0 Å². The average molecular weight is 285 g/mol. The van der Waals surface area contributed by atoms with E-state index in [0.717, 1.165) is 14.9 Å². The van der Waals surface area contributed by atoms with Gasteiger partial charge < -0.3 is 5.11 Å². The third-order valence-electron chi connectivity index (χ3n) is 1.97. The largest absolute Gasteiger partial charge is 0.387 e. The average Bonchev–Trinajstić information content (AvgIpc) is 2.70. The Morgan fingerprint density at radius 1 is 1.33 bits per heavy atom. The lowest BCUT2D eigenvalue weighted by Crippen LogP contribution is -1.99. The lowest BCUT2D eigenvalue weighted by atomic mass is 10.1. The van der Waals surface area contributed by atoms with Gasteiger partial charge in [0.2, 0.25) is 0 Å². The fourth-order valence-corrected chi connectivity index (χ4v) is 2.30. The molecule has 0 aliphatic heterocycles. The van der Waals surface area contributed by atoms with Crippen molar-refractivity contribution in [1.82, 2.24) is 9.97 Å². The molecule has 0 fully saturated rings. The monoisotopic (exact) mass is 284 g/mol. The van der Waals surface area contributed by atoms with Crippen LogP contribution in [0.4, 0.5) is 0 Å². The Balaban J connectivity index is 2.09. The van der Waals surface area contributed by atoms with Gasteiger partial charge in [0.05, 0.1) is 16.5 Å². The van der Waals surface area contributed by atoms with Crippen molar-refractivity contribution < 1.29 is 5.11 Å². The Bertz CT molecular complexity index is 433. The molecule has 0 saturated carbocycles. The molecule has 0 aromatic carbocycles. The predicted molar refractivity (Wildman–Crippen MR) is 62.7 cm³/mol. The van der Waals surface area contributed by atoms with E-state index in [1.165, 1.54) is 11.3 Å². The molecule has 1 unspecified atom stereocenters. The minimum atomic E-state index is -0.492. The van der Waals surface area contributed by atoms with E-state index in [0.29, 0.717) is 6.42 Å². The van der Waals surface area contributed by atoms with Crippen molar-refractivity contribution in [2.75, 3.05) is 0 Å². The Labute approximate surface area is 100.0 Å². The Hall–Kier alpha value is -0.780. The van der Waals surface area contributed by atoms with Crippen LogP contribution in [-0.2, 0) is 6.42 Å². The smallest absolute Gasteiger partial charge is 0.0938 e. The van der Waals surface area contributed by atoms with Gasteiger partial charge in [0, 0.05) is 29.5 Å². The molecule has 0 aliphatic rings. The number of nitrogens with zero attached hydrogens (tertiary/aromatic N) is 2. The zero-order chi connectivity index (χ0) is 10.7. The summed E-state index contributed by atoms with van der Waals surface area (Å²) in [4.78, 5) is 8.87. The highest BCUT2D eigenvalue weighted by Gasteiger charge is 2.10. The van der Waals surface area contributed by atoms with Crippen LogP contribution in [0.15, 0.2) is 34.6 Å². The number of pyridine rings is 1. The van der Waals surface area contributed by atoms with Crippen molar-refractivity contribution in [1.29, 1.82) is 0 Å². The van der Waals surface area contributed by atoms with E-state index in [2.05, 4.69) is 25.9 Å². The molecule has 78 valence electrons. The SMILES string of the molecule is OC(Cc1cncc(Br)c1)c1cncs1. The van der Waals surface area contributed by atoms with Crippen LogP contribution in [0.3, 0.4) is 0 Å². The minimum Gasteiger partial charge on any atom is -0.387 e. The minimum absolute atomic E-state index is 0.492. The zero-order valence-electron chi connectivity index (χ0n) is 7.80. The summed E-state index contributed by atoms with van der Waals surface area (Å²) in [6, 6.07) is 1.96. The van der Waals surface area contributed by atoms with Crippen molar-refractivity contribution in [3.63, 3.8) is 0 Å². The summed E-state index contributed by atoms with van der Waals surface area (Å²) < 4.78 is 0.927. The zero-order valence-corrected chi connectivity index (χ0v) is 10.2. The molecule has 0 saturated heterocycles. The summed E-state index contributed by atoms with van der Waals surface area (Å²) in [5, 5.41) is 9.88. The maximum atomic E-state index is 9.88. The Kier molecular flexibility index (Phi) is 3.45. The molecule has 0 amide bonds. The van der Waals surface area contributed by atoms with Crippen molar-refractivity contribution in [3.05, 3.63) is 45.1 Å². The van der Waals surface area contributed by atoms with Crippen LogP contribution in [0.2, 0.25) is 0 Å². The van der Waals surface area contributed by atoms with Gasteiger partial charge in [-0.15, -0.1) is 11.3 Å². The third-order valence-corrected chi connectivity index (χ3v) is 3.28. The van der Waals surface area contributed by atoms with Crippen LogP contribution in [0.5, 0.6) is 0 Å². The first-order valence-corrected chi connectivity index (χ1v) is 6.09. The number of rotatable bonds is 3. The van der Waals surface area contributed by atoms with E-state index in [1.807, 2.05) is 6.07 Å². The molecule has 0 aliphatic carbocycles. The number of hydrogen-bond acceptors (Lipinski definition) is 4. The molecule has 0 radical (unpaired) electrons. The number of aromatic nitrogens is 2. The molecule has 2 rings (SSSR count). The number of aliphatic hydroxyl groups is 1. The highest BCUT2D eigenvalue weighted by atomic mass is 79.9. The van der Waals surface area contributed by atoms with E-state index in [4.69, 9.17) is 0 Å². The van der Waals surface area contributed by atoms with Crippen molar-refractivity contribution in [3.8, 4) is 0 Å². The first kappa shape index (κ1) is 10.7. The molecule has 2 heterocycles. The van der Waals surface area contributed by atoms with Crippen LogP contribution in [0.25, 0.3) is 0 Å². The second kappa shape index (κ2) is 4.83. The maximum Gasteiger partial charge on any atom is 0.0938 e. The second-order valence-corrected chi connectivity index (χ2v) is 4.97. The Morgan fingerprint density at radius 2 is 2.20 bits per heavy atom. The van der Waals surface area contributed by atoms with Crippen LogP contribution in [0, 0.1) is 0 Å². The van der Waals surface area contributed by atoms with Crippen molar-refractivity contribution in [2.45, 2.75) is 12.5 Å². The topological polar surface area (TPSA) is 46.0 Å². The quantitative estimate of drug-likeness (QED) is 0.942. The highest BCUT2D eigenvalue weighted by Crippen LogP contribution is 2.22. The fraction of sp³-hybridized carbons (Fsp3) is 0.200. The normalized spacial score (nSPS) is 12.7. The van der Waals surface area contributed by atoms with E-state index < -0.39 is 6.10 Å². The summed E-state index contributed by atoms with van der Waals surface area (Å²) in [6.45, 7) is 0. The fourth-order valence-electron chi connectivity index (χ4n) is 1.28. The number of thiazole rings is 1. The molecule has 1 N–H and O–H groups in total. The van der Waals surface area contributed by atoms with E-state index in [9.17, 15) is 5.11 Å². The van der Waals surface area contributed by atoms with Gasteiger partial charge in [0.25, 0.3) is 0 Å². The maximum absolute atomic E-state index is 9.88. The van der Waals surface area contributed by atoms with Crippen molar-refractivity contribution in [2.24, 2.45) is 0 Å². The van der Waals surface area contributed by atoms with E-state index in [1.54, 1.807) is 24.1 Å². The van der Waals surface area contributed by atoms with Gasteiger partial charge in [-0.3, -0.25) is 9.97 Å². The molecular weight excluding hydrogens is 276 g/mol. The number of halogens is 1. The summed E-state index contributed by atoms with van der Waals surface area (Å²) in [6.07, 6.45) is 5.25. The van der Waals surface area contributed by atoms with E-state index >= 15 is 0 Å². The predicted octanol–water partition coefficient (Wildman–Crippen LogP) is 2.58.